The zero-order chi connectivity index (χ0) is 52.8. The zero-order valence-corrected chi connectivity index (χ0v) is 45.8. The molecule has 3 fully saturated rings. The number of fused-ring (bicyclic) bond motifs is 1. The van der Waals surface area contributed by atoms with E-state index in [1.165, 1.54) is 6.42 Å². The molecular formula is C59H80ClN9O6. The molecule has 8 rings (SSSR count). The molecule has 75 heavy (non-hydrogen) atoms. The van der Waals surface area contributed by atoms with Gasteiger partial charge in [0.2, 0.25) is 5.88 Å². The van der Waals surface area contributed by atoms with Gasteiger partial charge >= 0.3 is 0 Å². The summed E-state index contributed by atoms with van der Waals surface area (Å²) in [6.45, 7) is 17.2. The molecule has 0 spiro atoms. The molecule has 0 bridgehead atoms. The number of nitrogens with one attached hydrogen (secondary N) is 2. The highest BCUT2D eigenvalue weighted by molar-refractivity contribution is 6.31. The fourth-order valence-corrected chi connectivity index (χ4v) is 11.9. The van der Waals surface area contributed by atoms with Crippen LogP contribution in [0, 0.1) is 22.2 Å². The average molecular weight is 1050 g/mol. The third-order valence-electron chi connectivity index (χ3n) is 15.7. The summed E-state index contributed by atoms with van der Waals surface area (Å²) in [5.41, 5.74) is 4.55. The lowest BCUT2D eigenvalue weighted by molar-refractivity contribution is -0.164. The van der Waals surface area contributed by atoms with Crippen LogP contribution in [0.4, 0.5) is 17.3 Å². The third kappa shape index (κ3) is 14.0. The highest BCUT2D eigenvalue weighted by Crippen LogP contribution is 2.55. The molecule has 1 amide bonds. The van der Waals surface area contributed by atoms with Crippen LogP contribution in [0.1, 0.15) is 145 Å². The number of anilines is 3. The largest absolute Gasteiger partial charge is 0.489 e. The second-order valence-corrected chi connectivity index (χ2v) is 22.2. The molecule has 5 heterocycles. The van der Waals surface area contributed by atoms with Crippen LogP contribution in [-0.2, 0) is 22.4 Å². The first-order valence-electron chi connectivity index (χ1n) is 27.7. The number of rotatable bonds is 27. The predicted octanol–water partition coefficient (Wildman–Crippen LogP) is 11.0. The number of benzene rings is 2. The Labute approximate surface area is 449 Å². The number of halogens is 1. The lowest BCUT2D eigenvalue weighted by atomic mass is 9.49. The molecule has 16 heteroatoms. The molecule has 2 aromatic carbocycles. The topological polar surface area (TPSA) is 172 Å². The van der Waals surface area contributed by atoms with E-state index in [2.05, 4.69) is 95.5 Å². The molecule has 15 nitrogen and oxygen atoms in total. The van der Waals surface area contributed by atoms with Gasteiger partial charge in [-0.15, -0.1) is 0 Å². The second-order valence-electron chi connectivity index (χ2n) is 21.8. The molecule has 404 valence electrons. The van der Waals surface area contributed by atoms with Gasteiger partial charge in [0.15, 0.2) is 5.65 Å². The highest BCUT2D eigenvalue weighted by Gasteiger charge is 2.64. The molecule has 1 atom stereocenters. The van der Waals surface area contributed by atoms with Crippen LogP contribution in [0.5, 0.6) is 11.6 Å². The summed E-state index contributed by atoms with van der Waals surface area (Å²) in [5, 5.41) is 30.9. The fourth-order valence-electron chi connectivity index (χ4n) is 11.6. The molecule has 1 saturated carbocycles. The van der Waals surface area contributed by atoms with Crippen molar-refractivity contribution in [3.63, 3.8) is 0 Å². The zero-order valence-electron chi connectivity index (χ0n) is 45.0. The number of hydrogen-bond acceptors (Lipinski definition) is 13. The van der Waals surface area contributed by atoms with Gasteiger partial charge in [-0.1, -0.05) is 65.1 Å². The fraction of sp³-hybridized carbons (Fsp3) is 0.576. The number of amides is 1. The number of ether oxygens (including phenoxy) is 4. The molecule has 2 saturated heterocycles. The number of nitriles is 1. The van der Waals surface area contributed by atoms with Crippen LogP contribution >= 0.6 is 11.6 Å². The summed E-state index contributed by atoms with van der Waals surface area (Å²) in [7, 11) is 0. The van der Waals surface area contributed by atoms with Crippen molar-refractivity contribution in [2.24, 2.45) is 10.8 Å². The third-order valence-corrected chi connectivity index (χ3v) is 16.0. The van der Waals surface area contributed by atoms with Crippen LogP contribution in [0.15, 0.2) is 73.1 Å². The number of piperidine rings is 2. The number of aromatic nitrogens is 4. The van der Waals surface area contributed by atoms with E-state index < -0.39 is 0 Å². The summed E-state index contributed by atoms with van der Waals surface area (Å²) in [6.07, 6.45) is 18.3. The van der Waals surface area contributed by atoms with Gasteiger partial charge in [0.1, 0.15) is 29.6 Å². The van der Waals surface area contributed by atoms with Crippen LogP contribution in [0.3, 0.4) is 0 Å². The number of aryl methyl sites for hydroxylation is 1. The van der Waals surface area contributed by atoms with Crippen LogP contribution in [0.25, 0.3) is 5.65 Å². The molecule has 5 aromatic rings. The molecule has 2 aliphatic heterocycles. The van der Waals surface area contributed by atoms with E-state index >= 15 is 0 Å². The number of aliphatic hydroxyl groups excluding tert-OH is 1. The molecule has 1 aliphatic carbocycles. The monoisotopic (exact) mass is 1050 g/mol. The smallest absolute Gasteiger partial charge is 0.251 e. The first kappa shape index (κ1) is 55.6. The number of pyridine rings is 1. The van der Waals surface area contributed by atoms with Crippen molar-refractivity contribution in [2.45, 2.75) is 155 Å². The summed E-state index contributed by atoms with van der Waals surface area (Å²) < 4.78 is 26.5. The average Bonchev–Trinajstić information content (AvgIpc) is 3.85. The van der Waals surface area contributed by atoms with Gasteiger partial charge in [0, 0.05) is 117 Å². The second kappa shape index (κ2) is 26.4. The van der Waals surface area contributed by atoms with Crippen molar-refractivity contribution in [3.8, 4) is 17.7 Å². The minimum absolute atomic E-state index is 0.0924. The van der Waals surface area contributed by atoms with E-state index in [4.69, 9.17) is 35.5 Å². The van der Waals surface area contributed by atoms with Crippen molar-refractivity contribution in [1.29, 1.82) is 5.26 Å². The molecular weight excluding hydrogens is 966 g/mol. The Balaban J connectivity index is 0.631. The van der Waals surface area contributed by atoms with Gasteiger partial charge in [-0.2, -0.15) is 14.9 Å². The van der Waals surface area contributed by atoms with E-state index in [9.17, 15) is 15.2 Å². The van der Waals surface area contributed by atoms with E-state index in [-0.39, 0.29) is 41.6 Å². The van der Waals surface area contributed by atoms with Crippen molar-refractivity contribution in [1.82, 2.24) is 24.9 Å². The Bertz CT molecular complexity index is 2630. The van der Waals surface area contributed by atoms with Crippen molar-refractivity contribution >= 4 is 40.5 Å². The number of unbranched alkanes of at least 4 members (excludes halogenated alkanes) is 5. The number of carbonyl (C=O) groups is 1. The Morgan fingerprint density at radius 2 is 1.60 bits per heavy atom. The van der Waals surface area contributed by atoms with Gasteiger partial charge in [0.05, 0.1) is 29.5 Å². The Hall–Kier alpha value is -5.66. The quantitative estimate of drug-likeness (QED) is 0.0425. The Morgan fingerprint density at radius 1 is 0.867 bits per heavy atom. The number of carbonyl (C=O) groups excluding carboxylic acids is 1. The summed E-state index contributed by atoms with van der Waals surface area (Å²) in [5.74, 6) is 2.98. The molecule has 3 N–H and O–H groups in total. The lowest BCUT2D eigenvalue weighted by Crippen LogP contribution is -2.74. The standard InChI is InChI=1S/C59H80ClN9O6/c1-6-43-41-64-69-51(37-52(65-54(43)69)68-28-11-10-16-47(68)27-31-70)62-39-42-17-24-53(63-40-42)74-35-15-9-13-33-72-32-12-7-8-14-34-73-48-25-29-67(30-26-48)46-21-18-44(19-22-46)55(71)66-56-58(2,3)57(59(56,4)5)75-49-23-20-45(38-61)50(60)36-49/h17-24,36-37,40-41,47-48,56-57,62,70H,6-16,25-35,39H2,1-5H3,(H,66,71)/t47-,56?,57?/m0/s1. The van der Waals surface area contributed by atoms with Gasteiger partial charge in [0.25, 0.3) is 5.91 Å². The lowest BCUT2D eigenvalue weighted by Gasteiger charge is -2.63. The van der Waals surface area contributed by atoms with Gasteiger partial charge in [-0.05, 0) is 119 Å². The van der Waals surface area contributed by atoms with Gasteiger partial charge in [-0.3, -0.25) is 4.79 Å². The molecule has 0 unspecified atom stereocenters. The first-order valence-corrected chi connectivity index (χ1v) is 28.1. The van der Waals surface area contributed by atoms with Crippen LogP contribution in [0.2, 0.25) is 5.02 Å². The maximum absolute atomic E-state index is 13.5. The number of aliphatic hydroxyl groups is 1. The van der Waals surface area contributed by atoms with Crippen LogP contribution < -0.4 is 29.9 Å². The van der Waals surface area contributed by atoms with E-state index in [0.717, 1.165) is 157 Å². The number of nitrogens with zero attached hydrogens (tertiary/aromatic N) is 7. The van der Waals surface area contributed by atoms with Crippen molar-refractivity contribution in [3.05, 3.63) is 100 Å². The normalized spacial score (nSPS) is 19.4. The predicted molar refractivity (Wildman–Crippen MR) is 296 cm³/mol. The summed E-state index contributed by atoms with van der Waals surface area (Å²) >= 11 is 6.27. The maximum atomic E-state index is 13.5. The SMILES string of the molecule is CCc1cnn2c(NCc3ccc(OCCCCCOCCCCCCOC4CCN(c5ccc(C(=O)NC6C(C)(C)C(Oc7ccc(C#N)c(Cl)c7)C6(C)C)cc5)CC4)nc3)cc(N3CCCC[C@H]3CCO)nc12. The van der Waals surface area contributed by atoms with Gasteiger partial charge in [-0.25, -0.2) is 9.97 Å². The molecule has 0 radical (unpaired) electrons. The van der Waals surface area contributed by atoms with Crippen LogP contribution in [-0.4, -0.2) is 108 Å². The van der Waals surface area contributed by atoms with Gasteiger partial charge < -0.3 is 44.5 Å². The highest BCUT2D eigenvalue weighted by atomic mass is 35.5. The molecule has 3 aliphatic rings. The summed E-state index contributed by atoms with van der Waals surface area (Å²) in [6, 6.07) is 21.4. The first-order chi connectivity index (χ1) is 36.4. The minimum Gasteiger partial charge on any atom is -0.489 e. The summed E-state index contributed by atoms with van der Waals surface area (Å²) in [4.78, 5) is 27.9. The van der Waals surface area contributed by atoms with E-state index in [1.807, 2.05) is 35.1 Å². The van der Waals surface area contributed by atoms with E-state index in [1.54, 1.807) is 18.2 Å². The molecule has 3 aromatic heterocycles. The Kier molecular flexibility index (Phi) is 19.6. The van der Waals surface area contributed by atoms with Crippen molar-refractivity contribution < 1.29 is 28.8 Å². The minimum atomic E-state index is -0.333. The number of hydrogen-bond donors (Lipinski definition) is 3. The van der Waals surface area contributed by atoms with Crippen molar-refractivity contribution in [2.75, 3.05) is 67.8 Å². The van der Waals surface area contributed by atoms with E-state index in [0.29, 0.717) is 47.0 Å². The Morgan fingerprint density at radius 3 is 2.29 bits per heavy atom. The maximum Gasteiger partial charge on any atom is 0.251 e.